The molecule has 0 nitrogen and oxygen atoms in total. The predicted molar refractivity (Wildman–Crippen MR) is 50.7 cm³/mol. The van der Waals surface area contributed by atoms with Gasteiger partial charge < -0.3 is 0 Å². The summed E-state index contributed by atoms with van der Waals surface area (Å²) in [7, 11) is 0. The molecule has 0 amide bonds. The van der Waals surface area contributed by atoms with E-state index in [0.29, 0.717) is 17.4 Å². The molecule has 0 spiro atoms. The van der Waals surface area contributed by atoms with Gasteiger partial charge in [0.1, 0.15) is 0 Å². The van der Waals surface area contributed by atoms with Crippen LogP contribution in [0.25, 0.3) is 10.1 Å². The Kier molecular flexibility index (Phi) is 2.61. The number of fused-ring (bicyclic) bond motifs is 1. The minimum Gasteiger partial charge on any atom is -0.166 e. The summed E-state index contributed by atoms with van der Waals surface area (Å²) in [6, 6.07) is 2.28. The minimum atomic E-state index is -4.69. The van der Waals surface area contributed by atoms with Gasteiger partial charge in [-0.2, -0.15) is 26.3 Å². The van der Waals surface area contributed by atoms with Gasteiger partial charge in [0.15, 0.2) is 0 Å². The topological polar surface area (TPSA) is 0 Å². The van der Waals surface area contributed by atoms with E-state index in [1.54, 1.807) is 0 Å². The Morgan fingerprint density at radius 1 is 0.941 bits per heavy atom. The van der Waals surface area contributed by atoms with Crippen LogP contribution >= 0.6 is 11.3 Å². The molecule has 0 fully saturated rings. The quantitative estimate of drug-likeness (QED) is 0.606. The first-order chi connectivity index (χ1) is 7.69. The van der Waals surface area contributed by atoms with Gasteiger partial charge in [0.2, 0.25) is 0 Å². The molecule has 0 aliphatic carbocycles. The van der Waals surface area contributed by atoms with Crippen molar-refractivity contribution in [2.45, 2.75) is 12.4 Å². The number of hydrogen-bond donors (Lipinski definition) is 0. The highest BCUT2D eigenvalue weighted by molar-refractivity contribution is 7.16. The molecule has 0 N–H and O–H groups in total. The average molecular weight is 269 g/mol. The molecule has 1 radical (unpaired) electrons. The highest BCUT2D eigenvalue weighted by atomic mass is 32.1. The molecule has 0 aliphatic heterocycles. The van der Waals surface area contributed by atoms with Gasteiger partial charge in [-0.15, -0.1) is 11.3 Å². The molecule has 2 rings (SSSR count). The van der Waals surface area contributed by atoms with E-state index in [4.69, 9.17) is 0 Å². The maximum atomic E-state index is 12.5. The largest absolute Gasteiger partial charge is 0.418 e. The van der Waals surface area contributed by atoms with Crippen molar-refractivity contribution in [2.75, 3.05) is 0 Å². The molecule has 0 atom stereocenters. The van der Waals surface area contributed by atoms with Crippen LogP contribution in [0.15, 0.2) is 18.2 Å². The van der Waals surface area contributed by atoms with Gasteiger partial charge in [0, 0.05) is 10.1 Å². The van der Waals surface area contributed by atoms with Gasteiger partial charge in [0.25, 0.3) is 0 Å². The molecule has 0 bridgehead atoms. The standard InChI is InChI=1S/C10H3F6S/c11-9(12,13)5-1-2-8-6(3-5)7(4-17-8)10(14,15)16/h1-3H. The Morgan fingerprint density at radius 2 is 1.59 bits per heavy atom. The van der Waals surface area contributed by atoms with E-state index in [9.17, 15) is 26.3 Å². The smallest absolute Gasteiger partial charge is 0.166 e. The molecular weight excluding hydrogens is 266 g/mol. The Labute approximate surface area is 95.5 Å². The van der Waals surface area contributed by atoms with Crippen molar-refractivity contribution in [3.05, 3.63) is 34.7 Å². The van der Waals surface area contributed by atoms with Crippen LogP contribution in [0.1, 0.15) is 11.1 Å². The van der Waals surface area contributed by atoms with Gasteiger partial charge in [0.05, 0.1) is 16.5 Å². The molecule has 0 aliphatic rings. The van der Waals surface area contributed by atoms with Crippen LogP contribution in [0, 0.1) is 5.38 Å². The third-order valence-electron chi connectivity index (χ3n) is 2.12. The van der Waals surface area contributed by atoms with Crippen molar-refractivity contribution in [3.63, 3.8) is 0 Å². The van der Waals surface area contributed by atoms with E-state index in [0.717, 1.165) is 12.1 Å². The number of halogens is 6. The highest BCUT2D eigenvalue weighted by Gasteiger charge is 2.36. The van der Waals surface area contributed by atoms with E-state index in [2.05, 4.69) is 0 Å². The highest BCUT2D eigenvalue weighted by Crippen LogP contribution is 2.40. The lowest BCUT2D eigenvalue weighted by Crippen LogP contribution is -2.06. The summed E-state index contributed by atoms with van der Waals surface area (Å²) in [4.78, 5) is 0. The van der Waals surface area contributed by atoms with Crippen LogP contribution in [-0.2, 0) is 12.4 Å². The monoisotopic (exact) mass is 269 g/mol. The fraction of sp³-hybridized carbons (Fsp3) is 0.200. The SMILES string of the molecule is FC(F)(F)c1ccc2s[c]c(C(F)(F)F)c2c1. The van der Waals surface area contributed by atoms with Crippen molar-refractivity contribution < 1.29 is 26.3 Å². The van der Waals surface area contributed by atoms with Crippen LogP contribution in [0.4, 0.5) is 26.3 Å². The molecule has 1 heterocycles. The molecule has 17 heavy (non-hydrogen) atoms. The van der Waals surface area contributed by atoms with Gasteiger partial charge in [-0.05, 0) is 18.2 Å². The molecule has 7 heteroatoms. The summed E-state index contributed by atoms with van der Waals surface area (Å²) < 4.78 is 74.6. The lowest BCUT2D eigenvalue weighted by atomic mass is 10.1. The molecule has 1 aromatic heterocycles. The van der Waals surface area contributed by atoms with E-state index in [-0.39, 0.29) is 4.70 Å². The zero-order valence-electron chi connectivity index (χ0n) is 7.91. The predicted octanol–water partition coefficient (Wildman–Crippen LogP) is 4.74. The van der Waals surface area contributed by atoms with E-state index in [1.807, 2.05) is 5.38 Å². The third-order valence-corrected chi connectivity index (χ3v) is 3.00. The molecular formula is C10H3F6S. The molecule has 1 aromatic carbocycles. The second-order valence-corrected chi connectivity index (χ2v) is 4.13. The number of benzene rings is 1. The summed E-state index contributed by atoms with van der Waals surface area (Å²) in [5.74, 6) is 0. The van der Waals surface area contributed by atoms with E-state index >= 15 is 0 Å². The van der Waals surface area contributed by atoms with Gasteiger partial charge >= 0.3 is 12.4 Å². The lowest BCUT2D eigenvalue weighted by molar-refractivity contribution is -0.139. The van der Waals surface area contributed by atoms with Crippen LogP contribution in [0.3, 0.4) is 0 Å². The Bertz CT molecular complexity index is 548. The number of hydrogen-bond acceptors (Lipinski definition) is 1. The second kappa shape index (κ2) is 3.63. The van der Waals surface area contributed by atoms with E-state index < -0.39 is 28.9 Å². The molecule has 0 unspecified atom stereocenters. The van der Waals surface area contributed by atoms with Crippen molar-refractivity contribution in [2.24, 2.45) is 0 Å². The fourth-order valence-corrected chi connectivity index (χ4v) is 2.21. The maximum absolute atomic E-state index is 12.5. The third kappa shape index (κ3) is 2.24. The van der Waals surface area contributed by atoms with Crippen molar-refractivity contribution in [1.82, 2.24) is 0 Å². The summed E-state index contributed by atoms with van der Waals surface area (Å²) in [6.45, 7) is 0. The second-order valence-electron chi connectivity index (χ2n) is 3.29. The first kappa shape index (κ1) is 12.2. The summed E-state index contributed by atoms with van der Waals surface area (Å²) >= 11 is 0.648. The molecule has 0 saturated carbocycles. The van der Waals surface area contributed by atoms with Gasteiger partial charge in [-0.3, -0.25) is 0 Å². The Balaban J connectivity index is 2.67. The maximum Gasteiger partial charge on any atom is 0.418 e. The first-order valence-electron chi connectivity index (χ1n) is 4.28. The van der Waals surface area contributed by atoms with Crippen molar-refractivity contribution in [1.29, 1.82) is 0 Å². The molecule has 91 valence electrons. The van der Waals surface area contributed by atoms with Crippen LogP contribution < -0.4 is 0 Å². The van der Waals surface area contributed by atoms with E-state index in [1.165, 1.54) is 0 Å². The number of alkyl halides is 6. The summed E-state index contributed by atoms with van der Waals surface area (Å²) in [5.41, 5.74) is -2.24. The van der Waals surface area contributed by atoms with Crippen molar-refractivity contribution >= 4 is 21.4 Å². The molecule has 2 aromatic rings. The minimum absolute atomic E-state index is 0.130. The zero-order valence-corrected chi connectivity index (χ0v) is 8.72. The summed E-state index contributed by atoms with van der Waals surface area (Å²) in [6.07, 6.45) is -9.35. The van der Waals surface area contributed by atoms with Gasteiger partial charge in [-0.1, -0.05) is 0 Å². The zero-order chi connectivity index (χ0) is 12.8. The van der Waals surface area contributed by atoms with Crippen LogP contribution in [0.5, 0.6) is 0 Å². The fourth-order valence-electron chi connectivity index (χ4n) is 1.36. The lowest BCUT2D eigenvalue weighted by Gasteiger charge is -2.08. The normalized spacial score (nSPS) is 13.3. The average Bonchev–Trinajstić information content (AvgIpc) is 2.57. The first-order valence-corrected chi connectivity index (χ1v) is 5.10. The Hall–Kier alpha value is -1.24. The summed E-state index contributed by atoms with van der Waals surface area (Å²) in [5, 5.41) is 1.52. The Morgan fingerprint density at radius 3 is 2.12 bits per heavy atom. The van der Waals surface area contributed by atoms with Gasteiger partial charge in [-0.25, -0.2) is 0 Å². The van der Waals surface area contributed by atoms with Crippen LogP contribution in [0.2, 0.25) is 0 Å². The van der Waals surface area contributed by atoms with Crippen LogP contribution in [-0.4, -0.2) is 0 Å². The number of thiophene rings is 1. The number of rotatable bonds is 0. The molecule has 0 saturated heterocycles. The van der Waals surface area contributed by atoms with Crippen molar-refractivity contribution in [3.8, 4) is 0 Å².